The maximum Gasteiger partial charge on any atom is 0.119 e. The van der Waals surface area contributed by atoms with E-state index in [0.717, 1.165) is 34.2 Å². The van der Waals surface area contributed by atoms with E-state index < -0.39 is 0 Å². The molecule has 0 radical (unpaired) electrons. The molecule has 2 aromatic rings. The normalized spacial score (nSPS) is 15.8. The maximum absolute atomic E-state index is 6.36. The third-order valence-electron chi connectivity index (χ3n) is 3.50. The van der Waals surface area contributed by atoms with Gasteiger partial charge in [-0.05, 0) is 58.1 Å². The molecule has 0 saturated heterocycles. The van der Waals surface area contributed by atoms with Gasteiger partial charge < -0.3 is 4.74 Å². The highest BCUT2D eigenvalue weighted by atomic mass is 79.9. The molecule has 0 aromatic heterocycles. The lowest BCUT2D eigenvalue weighted by Crippen LogP contribution is -2.29. The lowest BCUT2D eigenvalue weighted by atomic mass is 9.99. The van der Waals surface area contributed by atoms with Gasteiger partial charge in [0, 0.05) is 4.47 Å². The molecule has 3 nitrogen and oxygen atoms in total. The van der Waals surface area contributed by atoms with Crippen LogP contribution in [0.5, 0.6) is 5.75 Å². The molecule has 1 fully saturated rings. The second kappa shape index (κ2) is 6.36. The van der Waals surface area contributed by atoms with E-state index in [2.05, 4.69) is 21.4 Å². The minimum absolute atomic E-state index is 0.162. The Kier molecular flexibility index (Phi) is 4.50. The summed E-state index contributed by atoms with van der Waals surface area (Å²) in [6, 6.07) is 13.6. The molecule has 0 spiro atoms. The molecule has 21 heavy (non-hydrogen) atoms. The number of hydrogen-bond donors (Lipinski definition) is 2. The zero-order valence-corrected chi connectivity index (χ0v) is 13.7. The van der Waals surface area contributed by atoms with Crippen LogP contribution in [0.2, 0.25) is 5.02 Å². The lowest BCUT2D eigenvalue weighted by molar-refractivity contribution is 0.303. The number of hydrazine groups is 1. The lowest BCUT2D eigenvalue weighted by Gasteiger charge is -2.19. The molecule has 3 rings (SSSR count). The zero-order chi connectivity index (χ0) is 14.8. The fraction of sp³-hybridized carbons (Fsp3) is 0.250. The molecule has 1 saturated carbocycles. The van der Waals surface area contributed by atoms with Gasteiger partial charge in [0.15, 0.2) is 0 Å². The first-order chi connectivity index (χ1) is 10.2. The fourth-order valence-corrected chi connectivity index (χ4v) is 2.84. The predicted molar refractivity (Wildman–Crippen MR) is 88.4 cm³/mol. The van der Waals surface area contributed by atoms with Gasteiger partial charge in [-0.3, -0.25) is 5.84 Å². The number of halogens is 2. The molecule has 1 aliphatic carbocycles. The van der Waals surface area contributed by atoms with Crippen LogP contribution in [0, 0.1) is 0 Å². The molecule has 1 aliphatic rings. The van der Waals surface area contributed by atoms with Gasteiger partial charge in [-0.2, -0.15) is 0 Å². The molecule has 0 amide bonds. The summed E-state index contributed by atoms with van der Waals surface area (Å²) in [6.07, 6.45) is 2.71. The molecule has 1 atom stereocenters. The first-order valence-corrected chi connectivity index (χ1v) is 8.03. The second-order valence-corrected chi connectivity index (χ2v) is 6.36. The van der Waals surface area contributed by atoms with E-state index in [1.807, 2.05) is 42.5 Å². The highest BCUT2D eigenvalue weighted by Crippen LogP contribution is 2.34. The number of rotatable bonds is 5. The van der Waals surface area contributed by atoms with Crippen LogP contribution in [0.1, 0.15) is 30.0 Å². The van der Waals surface area contributed by atoms with Crippen molar-refractivity contribution in [3.05, 3.63) is 63.1 Å². The van der Waals surface area contributed by atoms with E-state index in [9.17, 15) is 0 Å². The van der Waals surface area contributed by atoms with Gasteiger partial charge in [0.05, 0.1) is 17.2 Å². The molecule has 0 heterocycles. The number of nitrogens with two attached hydrogens (primary N) is 1. The van der Waals surface area contributed by atoms with Gasteiger partial charge in [0.25, 0.3) is 0 Å². The van der Waals surface area contributed by atoms with Crippen LogP contribution in [-0.4, -0.2) is 6.10 Å². The topological polar surface area (TPSA) is 47.3 Å². The number of benzene rings is 2. The zero-order valence-electron chi connectivity index (χ0n) is 11.4. The Balaban J connectivity index is 1.86. The van der Waals surface area contributed by atoms with Gasteiger partial charge in [0.2, 0.25) is 0 Å². The molecule has 3 N–H and O–H groups in total. The van der Waals surface area contributed by atoms with Crippen molar-refractivity contribution < 1.29 is 4.74 Å². The Labute approximate surface area is 137 Å². The van der Waals surface area contributed by atoms with Crippen LogP contribution in [0.15, 0.2) is 46.9 Å². The summed E-state index contributed by atoms with van der Waals surface area (Å²) >= 11 is 9.80. The maximum atomic E-state index is 6.36. The summed E-state index contributed by atoms with van der Waals surface area (Å²) in [6.45, 7) is 0. The summed E-state index contributed by atoms with van der Waals surface area (Å²) in [5, 5.41) is 0.666. The third-order valence-corrected chi connectivity index (χ3v) is 4.81. The van der Waals surface area contributed by atoms with Crippen LogP contribution in [0.3, 0.4) is 0 Å². The highest BCUT2D eigenvalue weighted by Gasteiger charge is 2.23. The first kappa shape index (κ1) is 14.9. The van der Waals surface area contributed by atoms with E-state index in [4.69, 9.17) is 22.2 Å². The highest BCUT2D eigenvalue weighted by molar-refractivity contribution is 9.10. The van der Waals surface area contributed by atoms with Crippen LogP contribution in [0.4, 0.5) is 0 Å². The van der Waals surface area contributed by atoms with Crippen molar-refractivity contribution in [3.63, 3.8) is 0 Å². The molecular weight excluding hydrogens is 352 g/mol. The van der Waals surface area contributed by atoms with Gasteiger partial charge in [-0.15, -0.1) is 0 Å². The number of hydrogen-bond acceptors (Lipinski definition) is 3. The van der Waals surface area contributed by atoms with E-state index in [1.165, 1.54) is 0 Å². The van der Waals surface area contributed by atoms with Gasteiger partial charge in [-0.25, -0.2) is 5.43 Å². The Morgan fingerprint density at radius 3 is 2.52 bits per heavy atom. The number of nitrogens with one attached hydrogen (secondary N) is 1. The van der Waals surface area contributed by atoms with Gasteiger partial charge in [0.1, 0.15) is 5.75 Å². The molecule has 2 aromatic carbocycles. The monoisotopic (exact) mass is 366 g/mol. The molecular formula is C16H16BrClN2O. The SMILES string of the molecule is NNC(c1ccc(OC2CC2)cc1)c1cccc(Br)c1Cl. The van der Waals surface area contributed by atoms with Gasteiger partial charge >= 0.3 is 0 Å². The first-order valence-electron chi connectivity index (χ1n) is 6.85. The van der Waals surface area contributed by atoms with Crippen molar-refractivity contribution in [3.8, 4) is 5.75 Å². The Morgan fingerprint density at radius 1 is 1.19 bits per heavy atom. The summed E-state index contributed by atoms with van der Waals surface area (Å²) in [4.78, 5) is 0. The standard InChI is InChI=1S/C16H16BrClN2O/c17-14-3-1-2-13(15(14)18)16(20-19)10-4-6-11(7-5-10)21-12-8-9-12/h1-7,12,16,20H,8-9,19H2. The fourth-order valence-electron chi connectivity index (χ4n) is 2.23. The summed E-state index contributed by atoms with van der Waals surface area (Å²) < 4.78 is 6.61. The third kappa shape index (κ3) is 3.40. The molecule has 0 bridgehead atoms. The van der Waals surface area contributed by atoms with Crippen LogP contribution in [0.25, 0.3) is 0 Å². The van der Waals surface area contributed by atoms with Crippen molar-refractivity contribution >= 4 is 27.5 Å². The predicted octanol–water partition coefficient (Wildman–Crippen LogP) is 4.20. The van der Waals surface area contributed by atoms with Crippen LogP contribution in [-0.2, 0) is 0 Å². The summed E-state index contributed by atoms with van der Waals surface area (Å²) in [7, 11) is 0. The number of ether oxygens (including phenoxy) is 1. The quantitative estimate of drug-likeness (QED) is 0.615. The summed E-state index contributed by atoms with van der Waals surface area (Å²) in [5.41, 5.74) is 4.81. The van der Waals surface area contributed by atoms with Crippen molar-refractivity contribution in [1.82, 2.24) is 5.43 Å². The van der Waals surface area contributed by atoms with E-state index in [1.54, 1.807) is 0 Å². The van der Waals surface area contributed by atoms with E-state index in [-0.39, 0.29) is 6.04 Å². The molecule has 5 heteroatoms. The Morgan fingerprint density at radius 2 is 1.90 bits per heavy atom. The molecule has 110 valence electrons. The van der Waals surface area contributed by atoms with E-state index in [0.29, 0.717) is 11.1 Å². The van der Waals surface area contributed by atoms with E-state index >= 15 is 0 Å². The minimum Gasteiger partial charge on any atom is -0.490 e. The Hall–Kier alpha value is -1.07. The van der Waals surface area contributed by atoms with Crippen molar-refractivity contribution in [2.24, 2.45) is 5.84 Å². The van der Waals surface area contributed by atoms with Crippen molar-refractivity contribution in [2.75, 3.05) is 0 Å². The summed E-state index contributed by atoms with van der Waals surface area (Å²) in [5.74, 6) is 6.63. The van der Waals surface area contributed by atoms with Crippen molar-refractivity contribution in [1.29, 1.82) is 0 Å². The average molecular weight is 368 g/mol. The average Bonchev–Trinajstić information content (AvgIpc) is 3.30. The smallest absolute Gasteiger partial charge is 0.119 e. The largest absolute Gasteiger partial charge is 0.490 e. The Bertz CT molecular complexity index is 629. The minimum atomic E-state index is -0.162. The molecule has 1 unspecified atom stereocenters. The van der Waals surface area contributed by atoms with Crippen LogP contribution < -0.4 is 16.0 Å². The van der Waals surface area contributed by atoms with Crippen molar-refractivity contribution in [2.45, 2.75) is 25.0 Å². The second-order valence-electron chi connectivity index (χ2n) is 5.13. The molecule has 0 aliphatic heterocycles. The van der Waals surface area contributed by atoms with Gasteiger partial charge in [-0.1, -0.05) is 35.9 Å². The van der Waals surface area contributed by atoms with Crippen LogP contribution >= 0.6 is 27.5 Å².